The molecule has 15 N–H and O–H groups in total. The zero-order chi connectivity index (χ0) is 41.1. The number of aromatic amines is 1. The van der Waals surface area contributed by atoms with Gasteiger partial charge in [-0.1, -0.05) is 13.8 Å². The summed E-state index contributed by atoms with van der Waals surface area (Å²) in [4.78, 5) is 129. The molecular weight excluding hydrogens is 724 g/mol. The largest absolute Gasteiger partial charge is 0.481 e. The van der Waals surface area contributed by atoms with E-state index in [1.807, 2.05) is 5.32 Å². The Morgan fingerprint density at radius 3 is 1.81 bits per heavy atom. The number of hydrogen-bond acceptors (Lipinski definition) is 13. The van der Waals surface area contributed by atoms with E-state index in [0.29, 0.717) is 5.69 Å². The molecule has 0 fully saturated rings. The highest BCUT2D eigenvalue weighted by molar-refractivity contribution is 5.98. The number of H-pyrrole nitrogens is 1. The molecule has 0 unspecified atom stereocenters. The lowest BCUT2D eigenvalue weighted by Gasteiger charge is -2.26. The van der Waals surface area contributed by atoms with Crippen LogP contribution < -0.4 is 43.4 Å². The lowest BCUT2D eigenvalue weighted by Crippen LogP contribution is -2.60. The third-order valence-corrected chi connectivity index (χ3v) is 7.24. The van der Waals surface area contributed by atoms with E-state index in [0.717, 1.165) is 0 Å². The maximum Gasteiger partial charge on any atom is 0.326 e. The van der Waals surface area contributed by atoms with Crippen molar-refractivity contribution in [3.63, 3.8) is 0 Å². The summed E-state index contributed by atoms with van der Waals surface area (Å²) in [5.41, 5.74) is 10.8. The Labute approximate surface area is 306 Å². The van der Waals surface area contributed by atoms with Gasteiger partial charge >= 0.3 is 17.9 Å². The highest BCUT2D eigenvalue weighted by Gasteiger charge is 2.34. The van der Waals surface area contributed by atoms with Crippen molar-refractivity contribution in [2.45, 2.75) is 88.6 Å². The summed E-state index contributed by atoms with van der Waals surface area (Å²) in [7, 11) is 0. The van der Waals surface area contributed by atoms with Crippen LogP contribution in [0.5, 0.6) is 0 Å². The number of aliphatic hydroxyl groups is 1. The van der Waals surface area contributed by atoms with Gasteiger partial charge in [-0.05, 0) is 18.8 Å². The summed E-state index contributed by atoms with van der Waals surface area (Å²) >= 11 is 0. The van der Waals surface area contributed by atoms with E-state index in [2.05, 4.69) is 36.6 Å². The van der Waals surface area contributed by atoms with Gasteiger partial charge in [0.1, 0.15) is 30.2 Å². The molecule has 24 heteroatoms. The summed E-state index contributed by atoms with van der Waals surface area (Å²) in [6.07, 6.45) is -0.579. The van der Waals surface area contributed by atoms with E-state index in [1.54, 1.807) is 13.8 Å². The quantitative estimate of drug-likeness (QED) is 0.0440. The molecule has 0 saturated carbocycles. The summed E-state index contributed by atoms with van der Waals surface area (Å²) in [5, 5.41) is 51.0. The first kappa shape index (κ1) is 45.9. The van der Waals surface area contributed by atoms with Crippen LogP contribution in [-0.2, 0) is 54.4 Å². The summed E-state index contributed by atoms with van der Waals surface area (Å²) < 4.78 is 0. The van der Waals surface area contributed by atoms with Crippen LogP contribution >= 0.6 is 0 Å². The van der Waals surface area contributed by atoms with E-state index in [1.165, 1.54) is 12.5 Å². The molecule has 7 amide bonds. The highest BCUT2D eigenvalue weighted by atomic mass is 16.4. The molecule has 0 aliphatic rings. The summed E-state index contributed by atoms with van der Waals surface area (Å²) in [5.74, 6) is -12.1. The van der Waals surface area contributed by atoms with Crippen molar-refractivity contribution in [3.8, 4) is 0 Å². The Hall–Kier alpha value is -6.17. The first-order valence-corrected chi connectivity index (χ1v) is 16.3. The van der Waals surface area contributed by atoms with E-state index >= 15 is 0 Å². The van der Waals surface area contributed by atoms with E-state index in [9.17, 15) is 63.3 Å². The van der Waals surface area contributed by atoms with Gasteiger partial charge in [0.2, 0.25) is 41.4 Å². The molecule has 0 bridgehead atoms. The zero-order valence-corrected chi connectivity index (χ0v) is 29.3. The SMILES string of the molecule is CC(C)C[C@H](NC(=O)[C@H](CCC(=O)O)NC(=O)[C@H](CC(=O)O)NC(=O)[C@H](CO)NC(=O)[C@H](Cc1cnc[nH]1)NC(=O)CNC(=O)[C@@H](N)CC(N)=O)C(=O)O. The van der Waals surface area contributed by atoms with Gasteiger partial charge in [-0.2, -0.15) is 0 Å². The Kier molecular flexibility index (Phi) is 19.3. The number of nitrogens with two attached hydrogens (primary N) is 2. The molecule has 0 aliphatic heterocycles. The fourth-order valence-corrected chi connectivity index (χ4v) is 4.58. The van der Waals surface area contributed by atoms with Gasteiger partial charge in [0.15, 0.2) is 0 Å². The number of carbonyl (C=O) groups excluding carboxylic acids is 7. The number of carboxylic acids is 3. The molecule has 0 saturated heterocycles. The molecule has 54 heavy (non-hydrogen) atoms. The third-order valence-electron chi connectivity index (χ3n) is 7.24. The minimum atomic E-state index is -1.97. The normalized spacial score (nSPS) is 14.2. The summed E-state index contributed by atoms with van der Waals surface area (Å²) in [6, 6.07) is -9.81. The van der Waals surface area contributed by atoms with Crippen LogP contribution in [0.1, 0.15) is 51.6 Å². The number of carboxylic acid groups (broad SMARTS) is 3. The fourth-order valence-electron chi connectivity index (χ4n) is 4.58. The molecular formula is C30H46N10O14. The zero-order valence-electron chi connectivity index (χ0n) is 29.3. The van der Waals surface area contributed by atoms with Crippen LogP contribution in [0.25, 0.3) is 0 Å². The van der Waals surface area contributed by atoms with Crippen LogP contribution in [-0.4, -0.2) is 139 Å². The predicted molar refractivity (Wildman–Crippen MR) is 180 cm³/mol. The number of hydrogen-bond donors (Lipinski definition) is 13. The second-order valence-electron chi connectivity index (χ2n) is 12.3. The summed E-state index contributed by atoms with van der Waals surface area (Å²) in [6.45, 7) is 1.53. The Bertz CT molecular complexity index is 1520. The van der Waals surface area contributed by atoms with Crippen molar-refractivity contribution in [1.29, 1.82) is 0 Å². The van der Waals surface area contributed by atoms with E-state index in [-0.39, 0.29) is 18.8 Å². The number of aromatic nitrogens is 2. The molecule has 24 nitrogen and oxygen atoms in total. The second-order valence-corrected chi connectivity index (χ2v) is 12.3. The Morgan fingerprint density at radius 2 is 1.30 bits per heavy atom. The molecule has 0 aliphatic carbocycles. The number of nitrogens with zero attached hydrogens (tertiary/aromatic N) is 1. The molecule has 0 radical (unpaired) electrons. The first-order valence-electron chi connectivity index (χ1n) is 16.3. The van der Waals surface area contributed by atoms with Gasteiger partial charge in [0.05, 0.1) is 38.4 Å². The first-order chi connectivity index (χ1) is 25.2. The molecule has 1 rings (SSSR count). The molecule has 6 atom stereocenters. The van der Waals surface area contributed by atoms with Gasteiger partial charge in [-0.15, -0.1) is 0 Å². The average molecular weight is 771 g/mol. The van der Waals surface area contributed by atoms with E-state index < -0.39 is 134 Å². The Morgan fingerprint density at radius 1 is 0.741 bits per heavy atom. The van der Waals surface area contributed by atoms with Crippen molar-refractivity contribution < 1.29 is 68.4 Å². The van der Waals surface area contributed by atoms with E-state index in [4.69, 9.17) is 16.6 Å². The monoisotopic (exact) mass is 770 g/mol. The van der Waals surface area contributed by atoms with Crippen molar-refractivity contribution in [2.24, 2.45) is 17.4 Å². The topological polar surface area (TPSA) is 405 Å². The van der Waals surface area contributed by atoms with Crippen molar-refractivity contribution in [1.82, 2.24) is 41.9 Å². The van der Waals surface area contributed by atoms with Crippen LogP contribution in [0.3, 0.4) is 0 Å². The minimum Gasteiger partial charge on any atom is -0.481 e. The van der Waals surface area contributed by atoms with Crippen LogP contribution in [0, 0.1) is 5.92 Å². The van der Waals surface area contributed by atoms with Gasteiger partial charge in [-0.25, -0.2) is 9.78 Å². The maximum atomic E-state index is 13.3. The molecule has 1 aromatic rings. The smallest absolute Gasteiger partial charge is 0.326 e. The number of carbonyl (C=O) groups is 10. The van der Waals surface area contributed by atoms with Gasteiger partial charge in [-0.3, -0.25) is 43.2 Å². The van der Waals surface area contributed by atoms with Crippen molar-refractivity contribution in [2.75, 3.05) is 13.2 Å². The maximum absolute atomic E-state index is 13.3. The van der Waals surface area contributed by atoms with Gasteiger partial charge < -0.3 is 68.8 Å². The van der Waals surface area contributed by atoms with Crippen LogP contribution in [0.2, 0.25) is 0 Å². The van der Waals surface area contributed by atoms with Crippen LogP contribution in [0.4, 0.5) is 0 Å². The minimum absolute atomic E-state index is 0.0251. The Balaban J connectivity index is 3.15. The predicted octanol–water partition coefficient (Wildman–Crippen LogP) is -5.84. The average Bonchev–Trinajstić information content (AvgIpc) is 3.59. The molecule has 1 aromatic heterocycles. The molecule has 300 valence electrons. The number of aliphatic carboxylic acids is 3. The molecule has 1 heterocycles. The third kappa shape index (κ3) is 17.4. The fraction of sp³-hybridized carbons (Fsp3) is 0.567. The van der Waals surface area contributed by atoms with Crippen LogP contribution in [0.15, 0.2) is 12.5 Å². The number of rotatable bonds is 25. The van der Waals surface area contributed by atoms with Crippen molar-refractivity contribution >= 4 is 59.3 Å². The van der Waals surface area contributed by atoms with Gasteiger partial charge in [0, 0.05) is 24.7 Å². The standard InChI is InChI=1S/C30H46N10O14/c1-13(2)5-19(30(53)54)39-26(49)16(3-4-23(44)45)37-28(51)18(8-24(46)47)38-29(52)20(11-41)40-27(50)17(6-14-9-33-12-35-14)36-22(43)10-34-25(48)15(31)7-21(32)42/h9,12-13,15-20,41H,3-8,10-11,31H2,1-2H3,(H2,32,42)(H,33,35)(H,34,48)(H,36,43)(H,37,51)(H,38,52)(H,39,49)(H,40,50)(H,44,45)(H,46,47)(H,53,54)/t15-,16-,17-,18-,19-,20-/m0/s1. The number of primary amides is 1. The number of amides is 7. The number of aliphatic hydroxyl groups excluding tert-OH is 1. The second kappa shape index (κ2) is 22.7. The molecule has 0 aromatic carbocycles. The lowest BCUT2D eigenvalue weighted by molar-refractivity contribution is -0.144. The van der Waals surface area contributed by atoms with Gasteiger partial charge in [0.25, 0.3) is 0 Å². The highest BCUT2D eigenvalue weighted by Crippen LogP contribution is 2.08. The molecule has 0 spiro atoms. The lowest BCUT2D eigenvalue weighted by atomic mass is 10.0. The number of imidazole rings is 1. The number of nitrogens with one attached hydrogen (secondary N) is 7. The van der Waals surface area contributed by atoms with Crippen molar-refractivity contribution in [3.05, 3.63) is 18.2 Å².